The van der Waals surface area contributed by atoms with E-state index >= 15 is 0 Å². The van der Waals surface area contributed by atoms with E-state index in [1.807, 2.05) is 6.92 Å². The van der Waals surface area contributed by atoms with Crippen LogP contribution in [0.2, 0.25) is 5.02 Å². The van der Waals surface area contributed by atoms with E-state index < -0.39 is 4.92 Å². The number of hydrogen-bond acceptors (Lipinski definition) is 4. The van der Waals surface area contributed by atoms with Gasteiger partial charge in [-0.2, -0.15) is 17.3 Å². The molecular formula is C7H10ClN3O2S. The van der Waals surface area contributed by atoms with Gasteiger partial charge in [-0.15, -0.1) is 0 Å². The molecule has 0 aliphatic heterocycles. The van der Waals surface area contributed by atoms with Crippen molar-refractivity contribution in [2.45, 2.75) is 13.5 Å². The van der Waals surface area contributed by atoms with E-state index in [2.05, 4.69) is 17.7 Å². The molecule has 1 aromatic rings. The van der Waals surface area contributed by atoms with E-state index in [4.69, 9.17) is 11.6 Å². The minimum Gasteiger partial charge on any atom is -0.358 e. The zero-order chi connectivity index (χ0) is 10.7. The molecule has 78 valence electrons. The summed E-state index contributed by atoms with van der Waals surface area (Å²) in [6.07, 6.45) is 1.46. The molecule has 0 fully saturated rings. The summed E-state index contributed by atoms with van der Waals surface area (Å²) < 4.78 is 1.47. The van der Waals surface area contributed by atoms with E-state index in [1.54, 1.807) is 0 Å². The van der Waals surface area contributed by atoms with Crippen molar-refractivity contribution in [3.8, 4) is 0 Å². The summed E-state index contributed by atoms with van der Waals surface area (Å²) in [5, 5.41) is 14.2. The Kier molecular flexibility index (Phi) is 3.77. The second-order valence-electron chi connectivity index (χ2n) is 3.07. The van der Waals surface area contributed by atoms with Crippen LogP contribution in [-0.2, 0) is 6.54 Å². The van der Waals surface area contributed by atoms with Crippen LogP contribution >= 0.6 is 24.2 Å². The Hall–Kier alpha value is -0.750. The summed E-state index contributed by atoms with van der Waals surface area (Å²) in [5.41, 5.74) is 0. The van der Waals surface area contributed by atoms with Crippen LogP contribution in [0.25, 0.3) is 0 Å². The van der Waals surface area contributed by atoms with Crippen molar-refractivity contribution < 1.29 is 4.92 Å². The predicted molar refractivity (Wildman–Crippen MR) is 56.9 cm³/mol. The fraction of sp³-hybridized carbons (Fsp3) is 0.571. The molecule has 0 saturated carbocycles. The zero-order valence-electron chi connectivity index (χ0n) is 7.55. The normalized spacial score (nSPS) is 12.8. The fourth-order valence-electron chi connectivity index (χ4n) is 0.981. The van der Waals surface area contributed by atoms with Gasteiger partial charge in [0.1, 0.15) is 0 Å². The highest BCUT2D eigenvalue weighted by molar-refractivity contribution is 7.80. The van der Waals surface area contributed by atoms with Gasteiger partial charge in [0.05, 0.1) is 17.8 Å². The Bertz CT molecular complexity index is 342. The van der Waals surface area contributed by atoms with E-state index in [-0.39, 0.29) is 10.8 Å². The van der Waals surface area contributed by atoms with E-state index in [0.29, 0.717) is 18.2 Å². The number of aromatic nitrogens is 2. The molecule has 1 heterocycles. The molecule has 0 N–H and O–H groups in total. The van der Waals surface area contributed by atoms with Gasteiger partial charge < -0.3 is 10.1 Å². The first kappa shape index (κ1) is 11.3. The molecule has 0 bridgehead atoms. The van der Waals surface area contributed by atoms with Gasteiger partial charge in [0.15, 0.2) is 5.02 Å². The van der Waals surface area contributed by atoms with Crippen LogP contribution in [0, 0.1) is 16.0 Å². The maximum atomic E-state index is 10.4. The number of rotatable bonds is 4. The van der Waals surface area contributed by atoms with Gasteiger partial charge in [-0.3, -0.25) is 0 Å². The summed E-state index contributed by atoms with van der Waals surface area (Å²) in [5.74, 6) is 0.706. The monoisotopic (exact) mass is 235 g/mol. The lowest BCUT2D eigenvalue weighted by atomic mass is 10.2. The van der Waals surface area contributed by atoms with Crippen molar-refractivity contribution >= 4 is 30.0 Å². The lowest BCUT2D eigenvalue weighted by Crippen LogP contribution is -2.09. The summed E-state index contributed by atoms with van der Waals surface area (Å²) in [4.78, 5) is 9.83. The van der Waals surface area contributed by atoms with Crippen LogP contribution in [0.4, 0.5) is 5.82 Å². The molecular weight excluding hydrogens is 226 g/mol. The quantitative estimate of drug-likeness (QED) is 0.493. The third kappa shape index (κ3) is 2.62. The van der Waals surface area contributed by atoms with Gasteiger partial charge in [0, 0.05) is 0 Å². The summed E-state index contributed by atoms with van der Waals surface area (Å²) in [7, 11) is 0. The van der Waals surface area contributed by atoms with E-state index in [1.165, 1.54) is 10.9 Å². The summed E-state index contributed by atoms with van der Waals surface area (Å²) in [6.45, 7) is 2.56. The average molecular weight is 236 g/mol. The maximum absolute atomic E-state index is 10.4. The SMILES string of the molecule is CC(CS)Cn1cc(Cl)c([N+](=O)[O-])n1. The Morgan fingerprint density at radius 1 is 1.86 bits per heavy atom. The predicted octanol–water partition coefficient (Wildman–Crippen LogP) is 2.01. The molecule has 0 aromatic carbocycles. The van der Waals surface area contributed by atoms with Crippen molar-refractivity contribution in [2.75, 3.05) is 5.75 Å². The molecule has 5 nitrogen and oxygen atoms in total. The molecule has 0 saturated heterocycles. The highest BCUT2D eigenvalue weighted by Crippen LogP contribution is 2.21. The number of hydrogen-bond donors (Lipinski definition) is 1. The van der Waals surface area contributed by atoms with Crippen LogP contribution in [0.15, 0.2) is 6.20 Å². The van der Waals surface area contributed by atoms with Gasteiger partial charge in [0.2, 0.25) is 0 Å². The highest BCUT2D eigenvalue weighted by Gasteiger charge is 2.19. The minimum absolute atomic E-state index is 0.0707. The first-order chi connectivity index (χ1) is 6.54. The summed E-state index contributed by atoms with van der Waals surface area (Å²) in [6, 6.07) is 0. The molecule has 0 amide bonds. The Morgan fingerprint density at radius 2 is 2.50 bits per heavy atom. The van der Waals surface area contributed by atoms with Gasteiger partial charge in [-0.25, -0.2) is 0 Å². The summed E-state index contributed by atoms with van der Waals surface area (Å²) >= 11 is 9.73. The Labute approximate surface area is 91.6 Å². The van der Waals surface area contributed by atoms with E-state index in [0.717, 1.165) is 0 Å². The molecule has 1 unspecified atom stereocenters. The van der Waals surface area contributed by atoms with Gasteiger partial charge >= 0.3 is 5.82 Å². The molecule has 0 radical (unpaired) electrons. The smallest absolute Gasteiger partial charge is 0.358 e. The minimum atomic E-state index is -0.593. The second-order valence-corrected chi connectivity index (χ2v) is 3.84. The van der Waals surface area contributed by atoms with Crippen LogP contribution in [-0.4, -0.2) is 20.5 Å². The lowest BCUT2D eigenvalue weighted by molar-refractivity contribution is -0.389. The average Bonchev–Trinajstić information content (AvgIpc) is 2.46. The fourth-order valence-corrected chi connectivity index (χ4v) is 1.32. The first-order valence-corrected chi connectivity index (χ1v) is 5.03. The maximum Gasteiger partial charge on any atom is 0.408 e. The zero-order valence-corrected chi connectivity index (χ0v) is 9.20. The van der Waals surface area contributed by atoms with Crippen molar-refractivity contribution in [3.05, 3.63) is 21.3 Å². The van der Waals surface area contributed by atoms with Crippen LogP contribution in [0.5, 0.6) is 0 Å². The molecule has 7 heteroatoms. The largest absolute Gasteiger partial charge is 0.408 e. The molecule has 14 heavy (non-hydrogen) atoms. The third-order valence-corrected chi connectivity index (χ3v) is 2.57. The van der Waals surface area contributed by atoms with Gasteiger partial charge in [-0.1, -0.05) is 18.5 Å². The molecule has 1 aromatic heterocycles. The van der Waals surface area contributed by atoms with Crippen molar-refractivity contribution in [2.24, 2.45) is 5.92 Å². The van der Waals surface area contributed by atoms with E-state index in [9.17, 15) is 10.1 Å². The van der Waals surface area contributed by atoms with Crippen molar-refractivity contribution in [1.29, 1.82) is 0 Å². The molecule has 0 aliphatic carbocycles. The van der Waals surface area contributed by atoms with Crippen LogP contribution < -0.4 is 0 Å². The number of nitro groups is 1. The molecule has 0 spiro atoms. The van der Waals surface area contributed by atoms with Crippen LogP contribution in [0.1, 0.15) is 6.92 Å². The van der Waals surface area contributed by atoms with Crippen LogP contribution in [0.3, 0.4) is 0 Å². The lowest BCUT2D eigenvalue weighted by Gasteiger charge is -2.03. The molecule has 1 rings (SSSR count). The molecule has 0 aliphatic rings. The topological polar surface area (TPSA) is 61.0 Å². The second kappa shape index (κ2) is 4.65. The van der Waals surface area contributed by atoms with Crippen molar-refractivity contribution in [1.82, 2.24) is 9.78 Å². The van der Waals surface area contributed by atoms with Crippen molar-refractivity contribution in [3.63, 3.8) is 0 Å². The Morgan fingerprint density at radius 3 is 2.93 bits per heavy atom. The number of halogens is 1. The van der Waals surface area contributed by atoms with Gasteiger partial charge in [-0.05, 0) is 16.6 Å². The number of nitrogens with zero attached hydrogens (tertiary/aromatic N) is 3. The van der Waals surface area contributed by atoms with Gasteiger partial charge in [0.25, 0.3) is 0 Å². The number of thiol groups is 1. The Balaban J connectivity index is 2.81. The third-order valence-electron chi connectivity index (χ3n) is 1.68. The standard InChI is InChI=1S/C7H10ClN3O2S/c1-5(4-14)2-10-3-6(8)7(9-10)11(12)13/h3,5,14H,2,4H2,1H3. The first-order valence-electron chi connectivity index (χ1n) is 4.02. The highest BCUT2D eigenvalue weighted by atomic mass is 35.5. The molecule has 1 atom stereocenters.